The van der Waals surface area contributed by atoms with Crippen molar-refractivity contribution in [1.82, 2.24) is 5.32 Å². The molecule has 86 valence electrons. The monoisotopic (exact) mass is 247 g/mol. The Balaban J connectivity index is 5.08. The van der Waals surface area contributed by atoms with Gasteiger partial charge in [0.05, 0.1) is 0 Å². The maximum absolute atomic E-state index is 10.9. The molecule has 0 aromatic carbocycles. The van der Waals surface area contributed by atoms with Gasteiger partial charge in [0, 0.05) is 0 Å². The summed E-state index contributed by atoms with van der Waals surface area (Å²) in [6, 6.07) is 0. The van der Waals surface area contributed by atoms with E-state index in [2.05, 4.69) is 5.32 Å². The Morgan fingerprint density at radius 3 is 1.71 bits per heavy atom. The lowest BCUT2D eigenvalue weighted by Crippen LogP contribution is -2.42. The third-order valence-corrected chi connectivity index (χ3v) is 5.99. The van der Waals surface area contributed by atoms with Crippen LogP contribution in [0.1, 0.15) is 20.3 Å². The average Bonchev–Trinajstić information content (AvgIpc) is 1.95. The molecule has 9 heteroatoms. The molecule has 0 amide bonds. The van der Waals surface area contributed by atoms with Crippen molar-refractivity contribution in [3.8, 4) is 0 Å². The van der Waals surface area contributed by atoms with Gasteiger partial charge in [-0.3, -0.25) is 14.4 Å². The quantitative estimate of drug-likeness (QED) is 0.433. The fourth-order valence-corrected chi connectivity index (χ4v) is 2.73. The Kier molecular flexibility index (Phi) is 4.49. The molecule has 0 radical (unpaired) electrons. The highest BCUT2D eigenvalue weighted by Crippen LogP contribution is 2.66. The first-order chi connectivity index (χ1) is 6.06. The van der Waals surface area contributed by atoms with Crippen molar-refractivity contribution in [2.45, 2.75) is 25.3 Å². The highest BCUT2D eigenvalue weighted by atomic mass is 31.2. The van der Waals surface area contributed by atoms with Crippen molar-refractivity contribution < 1.29 is 28.7 Å². The van der Waals surface area contributed by atoms with Crippen LogP contribution in [-0.2, 0) is 9.13 Å². The summed E-state index contributed by atoms with van der Waals surface area (Å²) in [7, 11) is -9.83. The summed E-state index contributed by atoms with van der Waals surface area (Å²) in [5, 5.41) is -0.291. The van der Waals surface area contributed by atoms with Crippen LogP contribution in [0.25, 0.3) is 0 Å². The van der Waals surface area contributed by atoms with Crippen molar-refractivity contribution in [2.24, 2.45) is 0 Å². The van der Waals surface area contributed by atoms with Crippen LogP contribution >= 0.6 is 15.2 Å². The molecule has 0 atom stereocenters. The van der Waals surface area contributed by atoms with Crippen LogP contribution in [0.2, 0.25) is 0 Å². The van der Waals surface area contributed by atoms with Gasteiger partial charge < -0.3 is 19.6 Å². The van der Waals surface area contributed by atoms with Crippen LogP contribution in [0.3, 0.4) is 0 Å². The molecular weight excluding hydrogens is 232 g/mol. The first kappa shape index (κ1) is 14.3. The Hall–Kier alpha value is 0.260. The lowest BCUT2D eigenvalue weighted by atomic mass is 10.5. The van der Waals surface area contributed by atoms with Crippen LogP contribution in [0.4, 0.5) is 0 Å². The molecule has 0 spiro atoms. The molecule has 0 aromatic heterocycles. The lowest BCUT2D eigenvalue weighted by Gasteiger charge is -2.31. The minimum atomic E-state index is -4.91. The van der Waals surface area contributed by atoms with Crippen LogP contribution in [0.15, 0.2) is 0 Å². The van der Waals surface area contributed by atoms with Gasteiger partial charge >= 0.3 is 15.2 Å². The van der Waals surface area contributed by atoms with Crippen LogP contribution in [0, 0.1) is 0 Å². The summed E-state index contributed by atoms with van der Waals surface area (Å²) >= 11 is 0. The van der Waals surface area contributed by atoms with Crippen molar-refractivity contribution >= 4 is 15.2 Å². The van der Waals surface area contributed by atoms with E-state index < -0.39 is 20.2 Å². The SMILES string of the molecule is CCCNC(C)(P(=O)(O)O)P(=O)(O)O. The third-order valence-electron chi connectivity index (χ3n) is 1.84. The van der Waals surface area contributed by atoms with Crippen LogP contribution in [0.5, 0.6) is 0 Å². The maximum Gasteiger partial charge on any atom is 0.357 e. The lowest BCUT2D eigenvalue weighted by molar-refractivity contribution is 0.295. The van der Waals surface area contributed by atoms with Gasteiger partial charge in [-0.25, -0.2) is 0 Å². The van der Waals surface area contributed by atoms with Crippen molar-refractivity contribution in [3.05, 3.63) is 0 Å². The fourth-order valence-electron chi connectivity index (χ4n) is 0.737. The molecule has 0 rings (SSSR count). The summed E-state index contributed by atoms with van der Waals surface area (Å²) in [5.41, 5.74) is 0. The van der Waals surface area contributed by atoms with Gasteiger partial charge in [-0.1, -0.05) is 6.92 Å². The van der Waals surface area contributed by atoms with E-state index >= 15 is 0 Å². The predicted molar refractivity (Wildman–Crippen MR) is 50.8 cm³/mol. The van der Waals surface area contributed by atoms with Gasteiger partial charge in [-0.2, -0.15) is 0 Å². The van der Waals surface area contributed by atoms with E-state index in [1.807, 2.05) is 0 Å². The van der Waals surface area contributed by atoms with Crippen LogP contribution in [-0.4, -0.2) is 31.1 Å². The van der Waals surface area contributed by atoms with Gasteiger partial charge in [-0.05, 0) is 19.9 Å². The first-order valence-electron chi connectivity index (χ1n) is 3.92. The normalized spacial score (nSPS) is 14.4. The highest BCUT2D eigenvalue weighted by Gasteiger charge is 2.55. The number of nitrogens with one attached hydrogen (secondary N) is 1. The molecule has 0 aliphatic heterocycles. The zero-order chi connectivity index (χ0) is 11.6. The predicted octanol–water partition coefficient (Wildman–Crippen LogP) is 0.0151. The van der Waals surface area contributed by atoms with Gasteiger partial charge in [-0.15, -0.1) is 0 Å². The summed E-state index contributed by atoms with van der Waals surface area (Å²) in [6.45, 7) is 2.66. The van der Waals surface area contributed by atoms with Crippen LogP contribution < -0.4 is 5.32 Å². The Bertz CT molecular complexity index is 258. The van der Waals surface area contributed by atoms with Crippen molar-refractivity contribution in [1.29, 1.82) is 0 Å². The Labute approximate surface area is 81.9 Å². The van der Waals surface area contributed by atoms with E-state index in [9.17, 15) is 9.13 Å². The zero-order valence-electron chi connectivity index (χ0n) is 7.91. The highest BCUT2D eigenvalue weighted by molar-refractivity contribution is 7.72. The van der Waals surface area contributed by atoms with Crippen molar-refractivity contribution in [3.63, 3.8) is 0 Å². The smallest absolute Gasteiger partial charge is 0.323 e. The Morgan fingerprint density at radius 1 is 1.14 bits per heavy atom. The van der Waals surface area contributed by atoms with Gasteiger partial charge in [0.15, 0.2) is 0 Å². The number of hydrogen-bond acceptors (Lipinski definition) is 3. The molecule has 0 aliphatic rings. The maximum atomic E-state index is 10.9. The zero-order valence-corrected chi connectivity index (χ0v) is 9.70. The minimum Gasteiger partial charge on any atom is -0.323 e. The van der Waals surface area contributed by atoms with E-state index in [4.69, 9.17) is 19.6 Å². The second kappa shape index (κ2) is 4.41. The molecule has 14 heavy (non-hydrogen) atoms. The first-order valence-corrected chi connectivity index (χ1v) is 7.15. The Morgan fingerprint density at radius 2 is 1.50 bits per heavy atom. The molecule has 0 bridgehead atoms. The topological polar surface area (TPSA) is 127 Å². The second-order valence-corrected chi connectivity index (χ2v) is 7.35. The molecule has 5 N–H and O–H groups in total. The number of rotatable bonds is 5. The average molecular weight is 247 g/mol. The summed E-state index contributed by atoms with van der Waals surface area (Å²) in [6.07, 6.45) is 0.510. The van der Waals surface area contributed by atoms with Gasteiger partial charge in [0.2, 0.25) is 5.02 Å². The standard InChI is InChI=1S/C5H15NO6P2/c1-3-4-6-5(2,13(7,8)9)14(10,11)12/h6H,3-4H2,1-2H3,(H2,7,8,9)(H2,10,11,12). The molecule has 7 nitrogen and oxygen atoms in total. The second-order valence-electron chi connectivity index (χ2n) is 3.04. The van der Waals surface area contributed by atoms with E-state index in [-0.39, 0.29) is 6.54 Å². The van der Waals surface area contributed by atoms with E-state index in [1.165, 1.54) is 0 Å². The van der Waals surface area contributed by atoms with Gasteiger partial charge in [0.25, 0.3) is 0 Å². The summed E-state index contributed by atoms with van der Waals surface area (Å²) in [5.74, 6) is 0. The number of hydrogen-bond donors (Lipinski definition) is 5. The van der Waals surface area contributed by atoms with Crippen molar-refractivity contribution in [2.75, 3.05) is 6.54 Å². The van der Waals surface area contributed by atoms with Gasteiger partial charge in [0.1, 0.15) is 0 Å². The molecule has 0 unspecified atom stereocenters. The largest absolute Gasteiger partial charge is 0.357 e. The van der Waals surface area contributed by atoms with E-state index in [1.54, 1.807) is 6.92 Å². The molecule has 0 saturated heterocycles. The molecule has 0 heterocycles. The molecular formula is C5H15NO6P2. The molecule has 0 aliphatic carbocycles. The molecule has 0 aromatic rings. The third kappa shape index (κ3) is 2.87. The van der Waals surface area contributed by atoms with E-state index in [0.717, 1.165) is 6.92 Å². The fraction of sp³-hybridized carbons (Fsp3) is 1.00. The molecule has 0 fully saturated rings. The minimum absolute atomic E-state index is 0.118. The summed E-state index contributed by atoms with van der Waals surface area (Å²) in [4.78, 5) is 35.4. The molecule has 0 saturated carbocycles. The summed E-state index contributed by atoms with van der Waals surface area (Å²) < 4.78 is 21.9. The van der Waals surface area contributed by atoms with E-state index in [0.29, 0.717) is 6.42 Å².